The van der Waals surface area contributed by atoms with E-state index in [-0.39, 0.29) is 10.7 Å². The van der Waals surface area contributed by atoms with Crippen molar-refractivity contribution in [3.8, 4) is 0 Å². The van der Waals surface area contributed by atoms with E-state index in [1.807, 2.05) is 0 Å². The molecule has 0 aliphatic carbocycles. The summed E-state index contributed by atoms with van der Waals surface area (Å²) in [7, 11) is 0. The van der Waals surface area contributed by atoms with Crippen LogP contribution in [0.1, 0.15) is 17.8 Å². The number of hydrogen-bond acceptors (Lipinski definition) is 3. The predicted molar refractivity (Wildman–Crippen MR) is 60.4 cm³/mol. The summed E-state index contributed by atoms with van der Waals surface area (Å²) in [6.45, 7) is 0.432. The molecule has 0 spiro atoms. The van der Waals surface area contributed by atoms with Gasteiger partial charge in [-0.1, -0.05) is 11.6 Å². The van der Waals surface area contributed by atoms with Gasteiger partial charge in [-0.25, -0.2) is 0 Å². The van der Waals surface area contributed by atoms with Crippen molar-refractivity contribution in [1.29, 1.82) is 0 Å². The molecule has 0 aliphatic heterocycles. The van der Waals surface area contributed by atoms with Gasteiger partial charge >= 0.3 is 6.18 Å². The molecule has 4 nitrogen and oxygen atoms in total. The first-order chi connectivity index (χ1) is 8.43. The highest BCUT2D eigenvalue weighted by Gasteiger charge is 2.32. The molecule has 18 heavy (non-hydrogen) atoms. The number of hydrogen-bond donors (Lipinski definition) is 1. The van der Waals surface area contributed by atoms with Gasteiger partial charge in [0.1, 0.15) is 5.82 Å². The number of halogens is 4. The van der Waals surface area contributed by atoms with Crippen molar-refractivity contribution in [1.82, 2.24) is 14.6 Å². The van der Waals surface area contributed by atoms with Crippen molar-refractivity contribution in [2.24, 2.45) is 5.73 Å². The van der Waals surface area contributed by atoms with E-state index < -0.39 is 11.7 Å². The topological polar surface area (TPSA) is 56.2 Å². The molecule has 0 saturated carbocycles. The molecule has 2 aromatic rings. The average molecular weight is 279 g/mol. The molecule has 2 N–H and O–H groups in total. The zero-order valence-electron chi connectivity index (χ0n) is 9.21. The lowest BCUT2D eigenvalue weighted by Gasteiger charge is -2.08. The van der Waals surface area contributed by atoms with Crippen LogP contribution in [-0.4, -0.2) is 21.1 Å². The minimum absolute atomic E-state index is 0.0728. The fraction of sp³-hybridized carbons (Fsp3) is 0.400. The third-order valence-corrected chi connectivity index (χ3v) is 2.74. The maximum Gasteiger partial charge on any atom is 0.417 e. The van der Waals surface area contributed by atoms with Crippen LogP contribution in [0.5, 0.6) is 0 Å². The van der Waals surface area contributed by atoms with Crippen molar-refractivity contribution in [3.05, 3.63) is 28.7 Å². The maximum atomic E-state index is 12.7. The second kappa shape index (κ2) is 4.74. The maximum absolute atomic E-state index is 12.7. The zero-order valence-corrected chi connectivity index (χ0v) is 9.96. The van der Waals surface area contributed by atoms with Crippen LogP contribution in [0.15, 0.2) is 12.3 Å². The second-order valence-corrected chi connectivity index (χ2v) is 4.18. The van der Waals surface area contributed by atoms with Crippen LogP contribution in [0.4, 0.5) is 13.2 Å². The second-order valence-electron chi connectivity index (χ2n) is 3.78. The van der Waals surface area contributed by atoms with Crippen molar-refractivity contribution in [2.75, 3.05) is 6.54 Å². The van der Waals surface area contributed by atoms with Gasteiger partial charge in [-0.3, -0.25) is 4.40 Å². The monoisotopic (exact) mass is 278 g/mol. The van der Waals surface area contributed by atoms with Gasteiger partial charge in [0, 0.05) is 12.6 Å². The molecule has 8 heteroatoms. The normalized spacial score (nSPS) is 12.3. The predicted octanol–water partition coefficient (Wildman–Crippen LogP) is 2.29. The van der Waals surface area contributed by atoms with E-state index >= 15 is 0 Å². The van der Waals surface area contributed by atoms with E-state index in [1.54, 1.807) is 0 Å². The number of pyridine rings is 1. The number of nitrogens with two attached hydrogens (primary N) is 1. The summed E-state index contributed by atoms with van der Waals surface area (Å²) in [6.07, 6.45) is -2.43. The summed E-state index contributed by atoms with van der Waals surface area (Å²) in [4.78, 5) is 0. The van der Waals surface area contributed by atoms with Crippen LogP contribution >= 0.6 is 11.6 Å². The van der Waals surface area contributed by atoms with Crippen molar-refractivity contribution in [2.45, 2.75) is 19.0 Å². The summed E-state index contributed by atoms with van der Waals surface area (Å²) >= 11 is 5.77. The van der Waals surface area contributed by atoms with E-state index in [1.165, 1.54) is 4.40 Å². The quantitative estimate of drug-likeness (QED) is 0.937. The van der Waals surface area contributed by atoms with Gasteiger partial charge in [-0.05, 0) is 19.0 Å². The van der Waals surface area contributed by atoms with E-state index in [4.69, 9.17) is 17.3 Å². The van der Waals surface area contributed by atoms with Crippen LogP contribution in [0.3, 0.4) is 0 Å². The summed E-state index contributed by atoms with van der Waals surface area (Å²) in [5.74, 6) is 0.420. The van der Waals surface area contributed by atoms with E-state index in [2.05, 4.69) is 10.2 Å². The van der Waals surface area contributed by atoms with Crippen LogP contribution < -0.4 is 5.73 Å². The Kier molecular flexibility index (Phi) is 3.45. The number of rotatable bonds is 3. The first-order valence-corrected chi connectivity index (χ1v) is 5.61. The highest BCUT2D eigenvalue weighted by Crippen LogP contribution is 2.32. The van der Waals surface area contributed by atoms with Gasteiger partial charge < -0.3 is 5.73 Å². The van der Waals surface area contributed by atoms with Gasteiger partial charge in [0.05, 0.1) is 10.6 Å². The molecule has 0 unspecified atom stereocenters. The Morgan fingerprint density at radius 3 is 2.67 bits per heavy atom. The number of fused-ring (bicyclic) bond motifs is 1. The number of aromatic nitrogens is 3. The smallest absolute Gasteiger partial charge is 0.330 e. The zero-order chi connectivity index (χ0) is 13.3. The highest BCUT2D eigenvalue weighted by molar-refractivity contribution is 6.33. The van der Waals surface area contributed by atoms with E-state index in [0.29, 0.717) is 25.2 Å². The third kappa shape index (κ3) is 2.41. The Morgan fingerprint density at radius 1 is 1.33 bits per heavy atom. The van der Waals surface area contributed by atoms with Crippen LogP contribution in [0.25, 0.3) is 5.65 Å². The van der Waals surface area contributed by atoms with Crippen LogP contribution in [0.2, 0.25) is 5.02 Å². The number of alkyl halides is 3. The molecule has 0 atom stereocenters. The lowest BCUT2D eigenvalue weighted by atomic mass is 10.2. The van der Waals surface area contributed by atoms with E-state index in [0.717, 1.165) is 12.3 Å². The van der Waals surface area contributed by atoms with Crippen molar-refractivity contribution >= 4 is 17.2 Å². The Morgan fingerprint density at radius 2 is 2.06 bits per heavy atom. The van der Waals surface area contributed by atoms with Gasteiger partial charge in [-0.15, -0.1) is 10.2 Å². The minimum Gasteiger partial charge on any atom is -0.330 e. The summed E-state index contributed by atoms with van der Waals surface area (Å²) in [5.41, 5.74) is 4.75. The number of aryl methyl sites for hydroxylation is 1. The standard InChI is InChI=1S/C10H10ClF3N4/c11-7-4-6(10(12,13)14)5-18-8(2-1-3-15)16-17-9(7)18/h4-5H,1-3,15H2. The molecule has 2 aromatic heterocycles. The summed E-state index contributed by atoms with van der Waals surface area (Å²) in [5, 5.41) is 7.52. The first kappa shape index (κ1) is 13.1. The molecule has 98 valence electrons. The summed E-state index contributed by atoms with van der Waals surface area (Å²) in [6, 6.07) is 0.846. The molecular formula is C10H10ClF3N4. The Bertz CT molecular complexity index is 564. The van der Waals surface area contributed by atoms with Gasteiger partial charge in [0.15, 0.2) is 5.65 Å². The SMILES string of the molecule is NCCCc1nnc2c(Cl)cc(C(F)(F)F)cn12. The summed E-state index contributed by atoms with van der Waals surface area (Å²) < 4.78 is 39.2. The lowest BCUT2D eigenvalue weighted by Crippen LogP contribution is -2.08. The van der Waals surface area contributed by atoms with Crippen LogP contribution in [-0.2, 0) is 12.6 Å². The molecule has 0 amide bonds. The lowest BCUT2D eigenvalue weighted by molar-refractivity contribution is -0.137. The minimum atomic E-state index is -4.45. The fourth-order valence-corrected chi connectivity index (χ4v) is 1.83. The molecule has 2 rings (SSSR count). The molecule has 0 bridgehead atoms. The molecular weight excluding hydrogens is 269 g/mol. The first-order valence-electron chi connectivity index (χ1n) is 5.24. The molecule has 0 saturated heterocycles. The molecule has 0 aliphatic rings. The van der Waals surface area contributed by atoms with Crippen LogP contribution in [0, 0.1) is 0 Å². The molecule has 0 radical (unpaired) electrons. The van der Waals surface area contributed by atoms with Crippen molar-refractivity contribution < 1.29 is 13.2 Å². The largest absolute Gasteiger partial charge is 0.417 e. The number of nitrogens with zero attached hydrogens (tertiary/aromatic N) is 3. The molecule has 2 heterocycles. The van der Waals surface area contributed by atoms with Gasteiger partial charge in [0.25, 0.3) is 0 Å². The molecule has 0 fully saturated rings. The fourth-order valence-electron chi connectivity index (χ4n) is 1.59. The highest BCUT2D eigenvalue weighted by atomic mass is 35.5. The third-order valence-electron chi connectivity index (χ3n) is 2.46. The Labute approximate surface area is 106 Å². The van der Waals surface area contributed by atoms with E-state index in [9.17, 15) is 13.2 Å². The molecule has 0 aromatic carbocycles. The average Bonchev–Trinajstić information content (AvgIpc) is 2.69. The van der Waals surface area contributed by atoms with Crippen molar-refractivity contribution in [3.63, 3.8) is 0 Å². The Balaban J connectivity index is 2.54. The van der Waals surface area contributed by atoms with Gasteiger partial charge in [0.2, 0.25) is 0 Å². The van der Waals surface area contributed by atoms with Gasteiger partial charge in [-0.2, -0.15) is 13.2 Å². The Hall–Kier alpha value is -1.34.